The van der Waals surface area contributed by atoms with Crippen molar-refractivity contribution in [3.63, 3.8) is 0 Å². The normalized spacial score (nSPS) is 12.1. The number of rotatable bonds is 3. The number of nitrogens with zero attached hydrogens (tertiary/aromatic N) is 4. The zero-order valence-electron chi connectivity index (χ0n) is 14.5. The molecule has 0 aliphatic carbocycles. The van der Waals surface area contributed by atoms with E-state index in [1.807, 2.05) is 49.3 Å². The smallest absolute Gasteiger partial charge is 0.291 e. The number of aromatic nitrogens is 3. The van der Waals surface area contributed by atoms with Crippen LogP contribution in [0.1, 0.15) is 5.56 Å². The summed E-state index contributed by atoms with van der Waals surface area (Å²) in [7, 11) is 3.97. The van der Waals surface area contributed by atoms with Gasteiger partial charge in [-0.25, -0.2) is 0 Å². The lowest BCUT2D eigenvalue weighted by Crippen LogP contribution is -2.23. The molecule has 0 atom stereocenters. The lowest BCUT2D eigenvalue weighted by Gasteiger charge is -2.11. The molecule has 0 radical (unpaired) electrons. The Morgan fingerprint density at radius 2 is 1.85 bits per heavy atom. The van der Waals surface area contributed by atoms with Gasteiger partial charge < -0.3 is 4.90 Å². The summed E-state index contributed by atoms with van der Waals surface area (Å²) in [6.07, 6.45) is 1.84. The van der Waals surface area contributed by atoms with Crippen molar-refractivity contribution in [2.24, 2.45) is 0 Å². The van der Waals surface area contributed by atoms with E-state index >= 15 is 0 Å². The minimum Gasteiger partial charge on any atom is -0.378 e. The van der Waals surface area contributed by atoms with Crippen LogP contribution in [0.15, 0.2) is 47.3 Å². The van der Waals surface area contributed by atoms with Crippen LogP contribution in [0.25, 0.3) is 22.4 Å². The van der Waals surface area contributed by atoms with E-state index in [1.54, 1.807) is 18.2 Å². The summed E-state index contributed by atoms with van der Waals surface area (Å²) in [6.45, 7) is 0. The van der Waals surface area contributed by atoms with Gasteiger partial charge in [0.15, 0.2) is 5.82 Å². The Morgan fingerprint density at radius 3 is 2.48 bits per heavy atom. The van der Waals surface area contributed by atoms with Gasteiger partial charge in [-0.1, -0.05) is 46.7 Å². The maximum atomic E-state index is 12.7. The second kappa shape index (κ2) is 6.96. The van der Waals surface area contributed by atoms with Crippen molar-refractivity contribution < 1.29 is 0 Å². The number of benzene rings is 2. The van der Waals surface area contributed by atoms with Crippen molar-refractivity contribution in [2.45, 2.75) is 0 Å². The molecule has 0 spiro atoms. The molecule has 0 aliphatic heterocycles. The van der Waals surface area contributed by atoms with Crippen LogP contribution in [0.5, 0.6) is 0 Å². The number of halogens is 2. The zero-order valence-corrected chi connectivity index (χ0v) is 16.8. The van der Waals surface area contributed by atoms with Crippen LogP contribution in [0, 0.1) is 0 Å². The van der Waals surface area contributed by atoms with Gasteiger partial charge >= 0.3 is 0 Å². The highest BCUT2D eigenvalue weighted by Gasteiger charge is 2.14. The molecule has 4 aromatic rings. The molecule has 5 nitrogen and oxygen atoms in total. The van der Waals surface area contributed by atoms with Gasteiger partial charge in [-0.3, -0.25) is 4.79 Å². The molecule has 2 aromatic heterocycles. The van der Waals surface area contributed by atoms with Crippen molar-refractivity contribution >= 4 is 51.3 Å². The molecule has 2 heterocycles. The molecule has 0 saturated carbocycles. The van der Waals surface area contributed by atoms with Gasteiger partial charge in [0.05, 0.1) is 9.55 Å². The second-order valence-electron chi connectivity index (χ2n) is 6.16. The molecule has 4 rings (SSSR count). The Morgan fingerprint density at radius 1 is 1.11 bits per heavy atom. The molecule has 8 heteroatoms. The monoisotopic (exact) mass is 416 g/mol. The van der Waals surface area contributed by atoms with Crippen molar-refractivity contribution in [1.29, 1.82) is 0 Å². The van der Waals surface area contributed by atoms with Gasteiger partial charge in [0.1, 0.15) is 0 Å². The molecule has 0 bridgehead atoms. The van der Waals surface area contributed by atoms with Crippen molar-refractivity contribution in [3.8, 4) is 11.4 Å². The third-order valence-corrected chi connectivity index (χ3v) is 5.57. The van der Waals surface area contributed by atoms with Gasteiger partial charge in [0.25, 0.3) is 5.56 Å². The van der Waals surface area contributed by atoms with Crippen LogP contribution in [0.4, 0.5) is 5.69 Å². The van der Waals surface area contributed by atoms with E-state index in [0.29, 0.717) is 30.9 Å². The topological polar surface area (TPSA) is 50.5 Å². The van der Waals surface area contributed by atoms with Crippen molar-refractivity contribution in [2.75, 3.05) is 19.0 Å². The van der Waals surface area contributed by atoms with Crippen LogP contribution in [0.2, 0.25) is 10.0 Å². The first kappa shape index (κ1) is 18.0. The Labute approximate surface area is 169 Å². The Balaban J connectivity index is 1.75. The van der Waals surface area contributed by atoms with Crippen LogP contribution in [0.3, 0.4) is 0 Å². The SMILES string of the molecule is CN(C)c1ccc(C=c2sc3nc(-c4ccc(Cl)cc4Cl)nn3c2=O)cc1. The van der Waals surface area contributed by atoms with Crippen LogP contribution in [-0.4, -0.2) is 28.7 Å². The third-order valence-electron chi connectivity index (χ3n) is 4.06. The molecule has 0 N–H and O–H groups in total. The van der Waals surface area contributed by atoms with E-state index in [4.69, 9.17) is 23.2 Å². The van der Waals surface area contributed by atoms with Crippen LogP contribution in [-0.2, 0) is 0 Å². The van der Waals surface area contributed by atoms with Gasteiger partial charge in [0.2, 0.25) is 4.96 Å². The maximum Gasteiger partial charge on any atom is 0.291 e. The van der Waals surface area contributed by atoms with E-state index in [1.165, 1.54) is 15.9 Å². The molecule has 0 aliphatic rings. The predicted octanol–water partition coefficient (Wildman–Crippen LogP) is 3.74. The molecular weight excluding hydrogens is 403 g/mol. The largest absolute Gasteiger partial charge is 0.378 e. The fraction of sp³-hybridized carbons (Fsp3) is 0.105. The second-order valence-corrected chi connectivity index (χ2v) is 8.01. The van der Waals surface area contributed by atoms with E-state index in [0.717, 1.165) is 11.3 Å². The molecular formula is C19H14Cl2N4OS. The summed E-state index contributed by atoms with van der Waals surface area (Å²) in [6, 6.07) is 13.1. The van der Waals surface area contributed by atoms with Gasteiger partial charge in [-0.2, -0.15) is 9.50 Å². The molecule has 2 aromatic carbocycles. The number of hydrogen-bond acceptors (Lipinski definition) is 5. The molecule has 0 saturated heterocycles. The van der Waals surface area contributed by atoms with E-state index in [2.05, 4.69) is 10.1 Å². The van der Waals surface area contributed by atoms with E-state index in [-0.39, 0.29) is 5.56 Å². The van der Waals surface area contributed by atoms with Gasteiger partial charge in [0, 0.05) is 30.4 Å². The predicted molar refractivity (Wildman–Crippen MR) is 112 cm³/mol. The minimum atomic E-state index is -0.199. The summed E-state index contributed by atoms with van der Waals surface area (Å²) in [4.78, 5) is 19.7. The van der Waals surface area contributed by atoms with Gasteiger partial charge in [-0.05, 0) is 42.0 Å². The zero-order chi connectivity index (χ0) is 19.1. The van der Waals surface area contributed by atoms with Crippen LogP contribution < -0.4 is 15.0 Å². The summed E-state index contributed by atoms with van der Waals surface area (Å²) in [5.41, 5.74) is 2.49. The summed E-state index contributed by atoms with van der Waals surface area (Å²) >= 11 is 13.4. The Kier molecular flexibility index (Phi) is 4.63. The Bertz CT molecular complexity index is 1250. The minimum absolute atomic E-state index is 0.199. The number of anilines is 1. The summed E-state index contributed by atoms with van der Waals surface area (Å²) in [5, 5.41) is 5.30. The first-order valence-corrected chi connectivity index (χ1v) is 9.64. The lowest BCUT2D eigenvalue weighted by molar-refractivity contribution is 0.937. The first-order valence-electron chi connectivity index (χ1n) is 8.06. The maximum absolute atomic E-state index is 12.7. The average molecular weight is 417 g/mol. The van der Waals surface area contributed by atoms with E-state index in [9.17, 15) is 4.79 Å². The number of fused-ring (bicyclic) bond motifs is 1. The first-order chi connectivity index (χ1) is 12.9. The molecule has 27 heavy (non-hydrogen) atoms. The van der Waals surface area contributed by atoms with Crippen molar-refractivity contribution in [1.82, 2.24) is 14.6 Å². The fourth-order valence-electron chi connectivity index (χ4n) is 2.64. The third kappa shape index (κ3) is 3.43. The number of thiazole rings is 1. The van der Waals surface area contributed by atoms with Crippen LogP contribution >= 0.6 is 34.5 Å². The summed E-state index contributed by atoms with van der Waals surface area (Å²) in [5.74, 6) is 0.405. The van der Waals surface area contributed by atoms with E-state index < -0.39 is 0 Å². The van der Waals surface area contributed by atoms with Gasteiger partial charge in [-0.15, -0.1) is 5.10 Å². The average Bonchev–Trinajstić information content (AvgIpc) is 3.15. The standard InChI is InChI=1S/C19H14Cl2N4OS/c1-24(2)13-6-3-11(4-7-13)9-16-18(26)25-19(27-16)22-17(23-25)14-8-5-12(20)10-15(14)21/h3-10H,1-2H3. The summed E-state index contributed by atoms with van der Waals surface area (Å²) < 4.78 is 1.89. The lowest BCUT2D eigenvalue weighted by atomic mass is 10.2. The highest BCUT2D eigenvalue weighted by atomic mass is 35.5. The Hall–Kier alpha value is -2.41. The molecule has 0 amide bonds. The molecule has 136 valence electrons. The quantitative estimate of drug-likeness (QED) is 0.510. The molecule has 0 fully saturated rings. The fourth-order valence-corrected chi connectivity index (χ4v) is 4.04. The van der Waals surface area contributed by atoms with Crippen molar-refractivity contribution in [3.05, 3.63) is 73.0 Å². The molecule has 0 unspecified atom stereocenters. The highest BCUT2D eigenvalue weighted by molar-refractivity contribution is 7.15. The highest BCUT2D eigenvalue weighted by Crippen LogP contribution is 2.28. The number of hydrogen-bond donors (Lipinski definition) is 0.